The Bertz CT molecular complexity index is 480. The lowest BCUT2D eigenvalue weighted by molar-refractivity contribution is 0.0687. The third kappa shape index (κ3) is 2.78. The highest BCUT2D eigenvalue weighted by Crippen LogP contribution is 2.34. The van der Waals surface area contributed by atoms with Crippen LogP contribution < -0.4 is 5.32 Å². The van der Waals surface area contributed by atoms with E-state index in [2.05, 4.69) is 24.1 Å². The van der Waals surface area contributed by atoms with E-state index in [1.54, 1.807) is 0 Å². The van der Waals surface area contributed by atoms with Crippen LogP contribution in [0.25, 0.3) is 0 Å². The molecule has 19 heavy (non-hydrogen) atoms. The van der Waals surface area contributed by atoms with Crippen LogP contribution in [0.1, 0.15) is 53.8 Å². The largest absolute Gasteiger partial charge is 0.476 e. The number of hydrogen-bond acceptors (Lipinski definition) is 5. The third-order valence-electron chi connectivity index (χ3n) is 3.92. The molecule has 5 nitrogen and oxygen atoms in total. The molecule has 1 aliphatic rings. The Morgan fingerprint density at radius 1 is 1.37 bits per heavy atom. The molecule has 0 aliphatic heterocycles. The van der Waals surface area contributed by atoms with Crippen molar-refractivity contribution in [3.63, 3.8) is 0 Å². The molecule has 0 aromatic carbocycles. The van der Waals surface area contributed by atoms with Crippen LogP contribution in [0.4, 0.5) is 5.13 Å². The number of nitrogens with zero attached hydrogens (tertiary/aromatic N) is 1. The second-order valence-corrected chi connectivity index (χ2v) is 6.22. The monoisotopic (exact) mass is 282 g/mol. The van der Waals surface area contributed by atoms with E-state index in [9.17, 15) is 9.59 Å². The first-order valence-corrected chi connectivity index (χ1v) is 7.23. The predicted molar refractivity (Wildman–Crippen MR) is 74.1 cm³/mol. The summed E-state index contributed by atoms with van der Waals surface area (Å²) in [5.41, 5.74) is -0.140. The van der Waals surface area contributed by atoms with Crippen molar-refractivity contribution >= 4 is 28.2 Å². The van der Waals surface area contributed by atoms with Gasteiger partial charge in [0.05, 0.1) is 0 Å². The van der Waals surface area contributed by atoms with Gasteiger partial charge in [-0.25, -0.2) is 9.78 Å². The minimum absolute atomic E-state index is 0.140. The van der Waals surface area contributed by atoms with Gasteiger partial charge in [0, 0.05) is 13.0 Å². The number of aromatic carboxylic acids is 1. The van der Waals surface area contributed by atoms with Gasteiger partial charge in [-0.3, -0.25) is 4.79 Å². The number of carboxylic acids is 1. The molecule has 3 unspecified atom stereocenters. The summed E-state index contributed by atoms with van der Waals surface area (Å²) in [4.78, 5) is 26.7. The Labute approximate surface area is 116 Å². The van der Waals surface area contributed by atoms with E-state index >= 15 is 0 Å². The second kappa shape index (κ2) is 5.28. The van der Waals surface area contributed by atoms with Crippen LogP contribution in [0.2, 0.25) is 0 Å². The minimum atomic E-state index is -1.15. The molecule has 2 N–H and O–H groups in total. The molecular formula is C13H18N2O3S. The summed E-state index contributed by atoms with van der Waals surface area (Å²) in [5.74, 6) is -0.222. The number of carbonyl (C=O) groups excluding carboxylic acids is 1. The molecule has 0 amide bonds. The number of ketones is 1. The summed E-state index contributed by atoms with van der Waals surface area (Å²) in [5, 5.41) is 12.9. The molecule has 0 spiro atoms. The summed E-state index contributed by atoms with van der Waals surface area (Å²) < 4.78 is 0. The molecule has 0 saturated heterocycles. The number of rotatable bonds is 4. The quantitative estimate of drug-likeness (QED) is 0.830. The van der Waals surface area contributed by atoms with Crippen molar-refractivity contribution in [1.29, 1.82) is 0 Å². The lowest BCUT2D eigenvalue weighted by atomic mass is 9.98. The Morgan fingerprint density at radius 3 is 2.47 bits per heavy atom. The van der Waals surface area contributed by atoms with E-state index in [-0.39, 0.29) is 16.4 Å². The van der Waals surface area contributed by atoms with E-state index in [4.69, 9.17) is 5.11 Å². The van der Waals surface area contributed by atoms with Crippen molar-refractivity contribution in [2.75, 3.05) is 5.32 Å². The third-order valence-corrected chi connectivity index (χ3v) is 5.01. The zero-order valence-electron chi connectivity index (χ0n) is 11.3. The summed E-state index contributed by atoms with van der Waals surface area (Å²) in [6, 6.07) is 0.308. The van der Waals surface area contributed by atoms with Gasteiger partial charge in [0.25, 0.3) is 0 Å². The van der Waals surface area contributed by atoms with E-state index in [0.717, 1.165) is 24.2 Å². The molecule has 1 aliphatic carbocycles. The van der Waals surface area contributed by atoms with Crippen LogP contribution >= 0.6 is 11.3 Å². The summed E-state index contributed by atoms with van der Waals surface area (Å²) >= 11 is 1.13. The average Bonchev–Trinajstić information content (AvgIpc) is 2.88. The van der Waals surface area contributed by atoms with Gasteiger partial charge >= 0.3 is 5.97 Å². The Kier molecular flexibility index (Phi) is 3.89. The maximum atomic E-state index is 11.4. The standard InChI is InChI=1S/C13H18N2O3S/c1-6-4-5-9(7(6)2)14-13-15-10(12(17)18)11(19-13)8(3)16/h6-7,9H,4-5H2,1-3H3,(H,14,15)(H,17,18). The second-order valence-electron chi connectivity index (χ2n) is 5.22. The molecule has 1 aromatic heterocycles. The average molecular weight is 282 g/mol. The predicted octanol–water partition coefficient (Wildman–Crippen LogP) is 2.89. The summed E-state index contributed by atoms with van der Waals surface area (Å²) in [6.07, 6.45) is 2.22. The molecule has 6 heteroatoms. The molecule has 1 saturated carbocycles. The van der Waals surface area contributed by atoms with Crippen LogP contribution in [0, 0.1) is 11.8 Å². The Hall–Kier alpha value is -1.43. The van der Waals surface area contributed by atoms with Crippen molar-refractivity contribution in [3.8, 4) is 0 Å². The number of carboxylic acid groups (broad SMARTS) is 1. The fraction of sp³-hybridized carbons (Fsp3) is 0.615. The van der Waals surface area contributed by atoms with Crippen molar-refractivity contribution in [2.45, 2.75) is 39.7 Å². The van der Waals surface area contributed by atoms with Crippen LogP contribution in [-0.2, 0) is 0 Å². The first kappa shape index (κ1) is 14.0. The van der Waals surface area contributed by atoms with Crippen molar-refractivity contribution < 1.29 is 14.7 Å². The van der Waals surface area contributed by atoms with Gasteiger partial charge in [0.2, 0.25) is 0 Å². The lowest BCUT2D eigenvalue weighted by Gasteiger charge is -2.18. The number of thiazole rings is 1. The Balaban J connectivity index is 2.20. The van der Waals surface area contributed by atoms with Crippen LogP contribution in [0.15, 0.2) is 0 Å². The van der Waals surface area contributed by atoms with Gasteiger partial charge in [-0.05, 0) is 24.7 Å². The first-order valence-electron chi connectivity index (χ1n) is 6.41. The first-order chi connectivity index (χ1) is 8.90. The zero-order valence-corrected chi connectivity index (χ0v) is 12.1. The minimum Gasteiger partial charge on any atom is -0.476 e. The van der Waals surface area contributed by atoms with E-state index in [1.165, 1.54) is 6.92 Å². The fourth-order valence-corrected chi connectivity index (χ4v) is 3.41. The van der Waals surface area contributed by atoms with Gasteiger partial charge in [0.15, 0.2) is 16.6 Å². The highest BCUT2D eigenvalue weighted by molar-refractivity contribution is 7.17. The number of aromatic nitrogens is 1. The molecule has 1 heterocycles. The molecule has 1 fully saturated rings. The van der Waals surface area contributed by atoms with E-state index in [1.807, 2.05) is 0 Å². The van der Waals surface area contributed by atoms with Gasteiger partial charge in [-0.1, -0.05) is 25.2 Å². The number of carbonyl (C=O) groups is 2. The van der Waals surface area contributed by atoms with Gasteiger partial charge < -0.3 is 10.4 Å². The van der Waals surface area contributed by atoms with Crippen molar-refractivity contribution in [2.24, 2.45) is 11.8 Å². The molecule has 0 radical (unpaired) electrons. The molecule has 104 valence electrons. The number of nitrogens with one attached hydrogen (secondary N) is 1. The topological polar surface area (TPSA) is 79.3 Å². The van der Waals surface area contributed by atoms with Crippen molar-refractivity contribution in [1.82, 2.24) is 4.98 Å². The zero-order chi connectivity index (χ0) is 14.2. The highest BCUT2D eigenvalue weighted by Gasteiger charge is 2.31. The normalized spacial score (nSPS) is 26.4. The van der Waals surface area contributed by atoms with E-state index < -0.39 is 5.97 Å². The summed E-state index contributed by atoms with van der Waals surface area (Å²) in [6.45, 7) is 5.77. The molecule has 2 rings (SSSR count). The van der Waals surface area contributed by atoms with E-state index in [0.29, 0.717) is 23.0 Å². The fourth-order valence-electron chi connectivity index (χ4n) is 2.49. The Morgan fingerprint density at radius 2 is 2.05 bits per heavy atom. The maximum Gasteiger partial charge on any atom is 0.356 e. The van der Waals surface area contributed by atoms with Gasteiger partial charge in [-0.15, -0.1) is 0 Å². The number of hydrogen-bond donors (Lipinski definition) is 2. The van der Waals surface area contributed by atoms with Crippen LogP contribution in [-0.4, -0.2) is 27.9 Å². The number of Topliss-reactive ketones (excluding diaryl/α,β-unsaturated/α-hetero) is 1. The van der Waals surface area contributed by atoms with Crippen LogP contribution in [0.5, 0.6) is 0 Å². The molecular weight excluding hydrogens is 264 g/mol. The molecule has 0 bridgehead atoms. The van der Waals surface area contributed by atoms with Gasteiger partial charge in [-0.2, -0.15) is 0 Å². The van der Waals surface area contributed by atoms with Gasteiger partial charge in [0.1, 0.15) is 4.88 Å². The summed E-state index contributed by atoms with van der Waals surface area (Å²) in [7, 11) is 0. The highest BCUT2D eigenvalue weighted by atomic mass is 32.1. The smallest absolute Gasteiger partial charge is 0.356 e. The maximum absolute atomic E-state index is 11.4. The molecule has 1 aromatic rings. The SMILES string of the molecule is CC(=O)c1sc(NC2CCC(C)C2C)nc1C(=O)O. The number of anilines is 1. The molecule has 3 atom stereocenters. The lowest BCUT2D eigenvalue weighted by Crippen LogP contribution is -2.23. The van der Waals surface area contributed by atoms with Crippen molar-refractivity contribution in [3.05, 3.63) is 10.6 Å². The van der Waals surface area contributed by atoms with Crippen LogP contribution in [0.3, 0.4) is 0 Å².